The van der Waals surface area contributed by atoms with E-state index in [1.165, 1.54) is 7.11 Å². The number of carbonyl (C=O) groups is 2. The van der Waals surface area contributed by atoms with Gasteiger partial charge < -0.3 is 4.74 Å². The number of hydrogen-bond acceptors (Lipinski definition) is 3. The topological polar surface area (TPSA) is 43.4 Å². The third kappa shape index (κ3) is 2.21. The molecule has 0 amide bonds. The van der Waals surface area contributed by atoms with Crippen LogP contribution in [0.3, 0.4) is 0 Å². The van der Waals surface area contributed by atoms with Gasteiger partial charge in [0.25, 0.3) is 0 Å². The molecule has 0 aromatic carbocycles. The monoisotopic (exact) mass is 334 g/mol. The summed E-state index contributed by atoms with van der Waals surface area (Å²) < 4.78 is 5.88. The van der Waals surface area contributed by atoms with Crippen molar-refractivity contribution >= 4 is 34.2 Å². The molecular weight excluding hydrogens is 319 g/mol. The SMILES string of the molecule is CCC1=C(OC)C(=O)C(C)=C(CCI)C1=O. The quantitative estimate of drug-likeness (QED) is 0.451. The molecule has 0 saturated carbocycles. The Labute approximate surface area is 109 Å². The molecule has 0 radical (unpaired) electrons. The average Bonchev–Trinajstić information content (AvgIpc) is 2.29. The average molecular weight is 334 g/mol. The van der Waals surface area contributed by atoms with Crippen LogP contribution in [0.4, 0.5) is 0 Å². The Morgan fingerprint density at radius 2 is 1.81 bits per heavy atom. The molecule has 0 N–H and O–H groups in total. The number of ketones is 2. The maximum absolute atomic E-state index is 12.1. The molecule has 1 aliphatic carbocycles. The van der Waals surface area contributed by atoms with Gasteiger partial charge in [0.05, 0.1) is 7.11 Å². The van der Waals surface area contributed by atoms with Crippen molar-refractivity contribution < 1.29 is 14.3 Å². The second kappa shape index (κ2) is 5.61. The summed E-state index contributed by atoms with van der Waals surface area (Å²) in [6.45, 7) is 3.56. The van der Waals surface area contributed by atoms with Gasteiger partial charge in [-0.1, -0.05) is 29.5 Å². The summed E-state index contributed by atoms with van der Waals surface area (Å²) in [5.74, 6) is 0.0640. The smallest absolute Gasteiger partial charge is 0.224 e. The largest absolute Gasteiger partial charge is 0.492 e. The third-order valence-electron chi connectivity index (χ3n) is 2.72. The first-order valence-corrected chi connectivity index (χ1v) is 6.73. The van der Waals surface area contributed by atoms with Crippen LogP contribution in [0.15, 0.2) is 22.5 Å². The minimum absolute atomic E-state index is 0.0203. The van der Waals surface area contributed by atoms with Gasteiger partial charge in [0, 0.05) is 21.1 Å². The summed E-state index contributed by atoms with van der Waals surface area (Å²) in [5, 5.41) is 0. The van der Waals surface area contributed by atoms with E-state index in [4.69, 9.17) is 4.74 Å². The highest BCUT2D eigenvalue weighted by Gasteiger charge is 2.31. The number of Topliss-reactive ketones (excluding diaryl/α,β-unsaturated/α-hetero) is 2. The van der Waals surface area contributed by atoms with Crippen molar-refractivity contribution in [2.45, 2.75) is 26.7 Å². The van der Waals surface area contributed by atoms with E-state index in [2.05, 4.69) is 22.6 Å². The van der Waals surface area contributed by atoms with E-state index in [9.17, 15) is 9.59 Å². The molecule has 4 heteroatoms. The highest BCUT2D eigenvalue weighted by molar-refractivity contribution is 14.1. The Morgan fingerprint density at radius 3 is 2.25 bits per heavy atom. The van der Waals surface area contributed by atoms with Crippen molar-refractivity contribution in [3.05, 3.63) is 22.5 Å². The van der Waals surface area contributed by atoms with Crippen molar-refractivity contribution in [2.75, 3.05) is 11.5 Å². The molecule has 0 heterocycles. The summed E-state index contributed by atoms with van der Waals surface area (Å²) in [6, 6.07) is 0. The lowest BCUT2D eigenvalue weighted by Gasteiger charge is -2.20. The molecule has 3 nitrogen and oxygen atoms in total. The molecule has 16 heavy (non-hydrogen) atoms. The molecule has 1 rings (SSSR count). The Morgan fingerprint density at radius 1 is 1.19 bits per heavy atom. The van der Waals surface area contributed by atoms with E-state index < -0.39 is 0 Å². The lowest BCUT2D eigenvalue weighted by molar-refractivity contribution is -0.119. The van der Waals surface area contributed by atoms with Crippen molar-refractivity contribution in [1.29, 1.82) is 0 Å². The standard InChI is InChI=1S/C12H15IO3/c1-4-8-11(15)9(5-6-13)7(2)10(14)12(8)16-3/h4-6H2,1-3H3. The number of carbonyl (C=O) groups excluding carboxylic acids is 2. The maximum atomic E-state index is 12.1. The van der Waals surface area contributed by atoms with Gasteiger partial charge in [-0.05, 0) is 19.8 Å². The van der Waals surface area contributed by atoms with Crippen molar-refractivity contribution in [1.82, 2.24) is 0 Å². The van der Waals surface area contributed by atoms with E-state index in [-0.39, 0.29) is 17.3 Å². The van der Waals surface area contributed by atoms with E-state index in [0.717, 1.165) is 4.43 Å². The first-order chi connectivity index (χ1) is 7.58. The number of rotatable bonds is 4. The molecule has 0 bridgehead atoms. The van der Waals surface area contributed by atoms with Crippen LogP contribution >= 0.6 is 22.6 Å². The van der Waals surface area contributed by atoms with E-state index in [0.29, 0.717) is 29.6 Å². The Kier molecular flexibility index (Phi) is 4.70. The second-order valence-electron chi connectivity index (χ2n) is 3.57. The van der Waals surface area contributed by atoms with Crippen LogP contribution in [0, 0.1) is 0 Å². The van der Waals surface area contributed by atoms with Gasteiger partial charge in [0.1, 0.15) is 0 Å². The normalized spacial score (nSPS) is 17.2. The van der Waals surface area contributed by atoms with Crippen LogP contribution < -0.4 is 0 Å². The summed E-state index contributed by atoms with van der Waals surface area (Å²) in [6.07, 6.45) is 1.18. The van der Waals surface area contributed by atoms with Gasteiger partial charge in [-0.3, -0.25) is 9.59 Å². The number of alkyl halides is 1. The van der Waals surface area contributed by atoms with Crippen LogP contribution in [-0.4, -0.2) is 23.1 Å². The predicted molar refractivity (Wildman–Crippen MR) is 70.5 cm³/mol. The zero-order valence-electron chi connectivity index (χ0n) is 9.72. The molecule has 88 valence electrons. The fraction of sp³-hybridized carbons (Fsp3) is 0.500. The summed E-state index contributed by atoms with van der Waals surface area (Å²) in [5.41, 5.74) is 1.70. The molecule has 1 aliphatic rings. The van der Waals surface area contributed by atoms with Crippen molar-refractivity contribution in [3.8, 4) is 0 Å². The number of methoxy groups -OCH3 is 1. The minimum atomic E-state index is -0.140. The number of allylic oxidation sites excluding steroid dienone is 3. The molecule has 0 aromatic heterocycles. The van der Waals surface area contributed by atoms with E-state index in [1.807, 2.05) is 6.92 Å². The fourth-order valence-electron chi connectivity index (χ4n) is 1.83. The molecule has 0 aromatic rings. The fourth-order valence-corrected chi connectivity index (χ4v) is 2.37. The van der Waals surface area contributed by atoms with Crippen molar-refractivity contribution in [3.63, 3.8) is 0 Å². The zero-order chi connectivity index (χ0) is 12.3. The van der Waals surface area contributed by atoms with Crippen LogP contribution in [0.1, 0.15) is 26.7 Å². The molecule has 0 atom stereocenters. The highest BCUT2D eigenvalue weighted by Crippen LogP contribution is 2.28. The van der Waals surface area contributed by atoms with Gasteiger partial charge in [-0.25, -0.2) is 0 Å². The van der Waals surface area contributed by atoms with Crippen molar-refractivity contribution in [2.24, 2.45) is 0 Å². The lowest BCUT2D eigenvalue weighted by atomic mass is 9.86. The summed E-state index contributed by atoms with van der Waals surface area (Å²) in [4.78, 5) is 24.1. The van der Waals surface area contributed by atoms with Crippen LogP contribution in [-0.2, 0) is 14.3 Å². The van der Waals surface area contributed by atoms with Crippen LogP contribution in [0.2, 0.25) is 0 Å². The van der Waals surface area contributed by atoms with Gasteiger partial charge in [0.2, 0.25) is 5.78 Å². The Balaban J connectivity index is 3.25. The van der Waals surface area contributed by atoms with Crippen LogP contribution in [0.5, 0.6) is 0 Å². The first-order valence-electron chi connectivity index (χ1n) is 5.20. The molecular formula is C12H15IO3. The second-order valence-corrected chi connectivity index (χ2v) is 4.64. The lowest BCUT2D eigenvalue weighted by Crippen LogP contribution is -2.24. The van der Waals surface area contributed by atoms with Gasteiger partial charge in [0.15, 0.2) is 11.5 Å². The van der Waals surface area contributed by atoms with E-state index in [1.54, 1.807) is 6.92 Å². The Hall–Kier alpha value is -0.650. The molecule has 0 fully saturated rings. The third-order valence-corrected chi connectivity index (χ3v) is 3.26. The number of hydrogen-bond donors (Lipinski definition) is 0. The maximum Gasteiger partial charge on any atom is 0.224 e. The molecule has 0 saturated heterocycles. The van der Waals surface area contributed by atoms with E-state index >= 15 is 0 Å². The molecule has 0 unspecified atom stereocenters. The molecule has 0 aliphatic heterocycles. The number of ether oxygens (including phenoxy) is 1. The van der Waals surface area contributed by atoms with Gasteiger partial charge in [-0.15, -0.1) is 0 Å². The molecule has 0 spiro atoms. The number of halogens is 1. The predicted octanol–water partition coefficient (Wildman–Crippen LogP) is 2.59. The van der Waals surface area contributed by atoms with Gasteiger partial charge in [-0.2, -0.15) is 0 Å². The van der Waals surface area contributed by atoms with Crippen LogP contribution in [0.25, 0.3) is 0 Å². The summed E-state index contributed by atoms with van der Waals surface area (Å²) in [7, 11) is 1.44. The highest BCUT2D eigenvalue weighted by atomic mass is 127. The summed E-state index contributed by atoms with van der Waals surface area (Å²) >= 11 is 2.21. The first kappa shape index (κ1) is 13.4. The zero-order valence-corrected chi connectivity index (χ0v) is 11.9. The Bertz CT molecular complexity index is 391. The van der Waals surface area contributed by atoms with Gasteiger partial charge >= 0.3 is 0 Å². The minimum Gasteiger partial charge on any atom is -0.492 e.